The molecule has 1 amide bonds. The van der Waals surface area contributed by atoms with Gasteiger partial charge in [-0.15, -0.1) is 13.2 Å². The van der Waals surface area contributed by atoms with Crippen molar-refractivity contribution in [1.82, 2.24) is 9.55 Å². The van der Waals surface area contributed by atoms with Gasteiger partial charge in [0.2, 0.25) is 5.91 Å². The van der Waals surface area contributed by atoms with Gasteiger partial charge < -0.3 is 14.6 Å². The number of hydrogen-bond donors (Lipinski definition) is 1. The maximum Gasteiger partial charge on any atom is 0.573 e. The van der Waals surface area contributed by atoms with Crippen LogP contribution in [0.25, 0.3) is 23.2 Å². The summed E-state index contributed by atoms with van der Waals surface area (Å²) >= 11 is 0. The molecule has 0 saturated carbocycles. The maximum atomic E-state index is 12.7. The lowest BCUT2D eigenvalue weighted by Gasteiger charge is -2.11. The molecule has 1 aromatic heterocycles. The van der Waals surface area contributed by atoms with Gasteiger partial charge in [-0.2, -0.15) is 0 Å². The van der Waals surface area contributed by atoms with Crippen LogP contribution < -0.4 is 10.1 Å². The number of rotatable bonds is 6. The van der Waals surface area contributed by atoms with Gasteiger partial charge in [0, 0.05) is 5.69 Å². The largest absolute Gasteiger partial charge is 0.573 e. The number of hydrogen-bond acceptors (Lipinski definition) is 3. The summed E-state index contributed by atoms with van der Waals surface area (Å²) in [4.78, 5) is 17.3. The standard InChI is InChI=1S/C24H18F3N3O2/c25-24(26,27)32-19-13-11-18(12-14-19)28-23(31)16-30-21-9-5-4-8-20(21)29-22(30)15-10-17-6-2-1-3-7-17/h1-15H,16H2,(H,28,31)/b15-10+. The Bertz CT molecular complexity index is 1250. The zero-order chi connectivity index (χ0) is 22.6. The highest BCUT2D eigenvalue weighted by molar-refractivity contribution is 5.92. The number of alkyl halides is 3. The van der Waals surface area contributed by atoms with Crippen molar-refractivity contribution in [2.75, 3.05) is 5.32 Å². The zero-order valence-corrected chi connectivity index (χ0v) is 16.7. The monoisotopic (exact) mass is 437 g/mol. The summed E-state index contributed by atoms with van der Waals surface area (Å²) in [5.74, 6) is -0.0874. The number of nitrogens with one attached hydrogen (secondary N) is 1. The Morgan fingerprint density at radius 2 is 1.62 bits per heavy atom. The topological polar surface area (TPSA) is 56.2 Å². The summed E-state index contributed by atoms with van der Waals surface area (Å²) in [5, 5.41) is 2.69. The number of halogens is 3. The van der Waals surface area contributed by atoms with E-state index in [0.29, 0.717) is 11.5 Å². The van der Waals surface area contributed by atoms with Crippen molar-refractivity contribution in [3.8, 4) is 5.75 Å². The lowest BCUT2D eigenvalue weighted by atomic mass is 10.2. The van der Waals surface area contributed by atoms with Crippen molar-refractivity contribution in [3.05, 3.63) is 90.3 Å². The molecule has 0 saturated heterocycles. The third-order valence-electron chi connectivity index (χ3n) is 4.58. The molecule has 3 aromatic carbocycles. The third-order valence-corrected chi connectivity index (χ3v) is 4.58. The number of ether oxygens (including phenoxy) is 1. The molecular weight excluding hydrogens is 419 g/mol. The Morgan fingerprint density at radius 3 is 2.34 bits per heavy atom. The number of para-hydroxylation sites is 2. The molecule has 0 atom stereocenters. The van der Waals surface area contributed by atoms with E-state index in [1.807, 2.05) is 66.7 Å². The van der Waals surface area contributed by atoms with Crippen LogP contribution in [0, 0.1) is 0 Å². The van der Waals surface area contributed by atoms with Crippen LogP contribution in [0.5, 0.6) is 5.75 Å². The molecular formula is C24H18F3N3O2. The van der Waals surface area contributed by atoms with Crippen LogP contribution >= 0.6 is 0 Å². The van der Waals surface area contributed by atoms with Crippen molar-refractivity contribution in [2.24, 2.45) is 0 Å². The second-order valence-corrected chi connectivity index (χ2v) is 6.91. The predicted octanol–water partition coefficient (Wildman–Crippen LogP) is 5.74. The van der Waals surface area contributed by atoms with E-state index in [-0.39, 0.29) is 18.2 Å². The number of imidazole rings is 1. The smallest absolute Gasteiger partial charge is 0.406 e. The molecule has 8 heteroatoms. The minimum atomic E-state index is -4.77. The minimum Gasteiger partial charge on any atom is -0.406 e. The predicted molar refractivity (Wildman–Crippen MR) is 117 cm³/mol. The van der Waals surface area contributed by atoms with Gasteiger partial charge in [0.05, 0.1) is 11.0 Å². The van der Waals surface area contributed by atoms with Gasteiger partial charge in [-0.05, 0) is 48.0 Å². The molecule has 0 aliphatic heterocycles. The maximum absolute atomic E-state index is 12.7. The van der Waals surface area contributed by atoms with Crippen molar-refractivity contribution >= 4 is 34.8 Å². The molecule has 4 rings (SSSR count). The normalized spacial score (nSPS) is 11.7. The molecule has 0 bridgehead atoms. The van der Waals surface area contributed by atoms with Crippen LogP contribution in [0.15, 0.2) is 78.9 Å². The summed E-state index contributed by atoms with van der Waals surface area (Å²) in [6, 6.07) is 22.2. The number of nitrogens with zero attached hydrogens (tertiary/aromatic N) is 2. The van der Waals surface area contributed by atoms with Gasteiger partial charge in [0.1, 0.15) is 18.1 Å². The van der Waals surface area contributed by atoms with Crippen LogP contribution in [0.1, 0.15) is 11.4 Å². The van der Waals surface area contributed by atoms with Gasteiger partial charge in [-0.3, -0.25) is 4.79 Å². The van der Waals surface area contributed by atoms with Crippen LogP contribution in [0.4, 0.5) is 18.9 Å². The van der Waals surface area contributed by atoms with Crippen molar-refractivity contribution in [2.45, 2.75) is 12.9 Å². The third kappa shape index (κ3) is 5.34. The van der Waals surface area contributed by atoms with Crippen molar-refractivity contribution in [1.29, 1.82) is 0 Å². The van der Waals surface area contributed by atoms with Gasteiger partial charge >= 0.3 is 6.36 Å². The van der Waals surface area contributed by atoms with Gasteiger partial charge in [-0.25, -0.2) is 4.98 Å². The van der Waals surface area contributed by atoms with E-state index in [2.05, 4.69) is 15.0 Å². The van der Waals surface area contributed by atoms with Crippen molar-refractivity contribution in [3.63, 3.8) is 0 Å². The minimum absolute atomic E-state index is 0.0181. The quantitative estimate of drug-likeness (QED) is 0.418. The fraction of sp³-hybridized carbons (Fsp3) is 0.0833. The first-order valence-electron chi connectivity index (χ1n) is 9.71. The Kier molecular flexibility index (Phi) is 5.93. The van der Waals surface area contributed by atoms with Crippen LogP contribution in [0.2, 0.25) is 0 Å². The highest BCUT2D eigenvalue weighted by Gasteiger charge is 2.31. The molecule has 162 valence electrons. The van der Waals surface area contributed by atoms with E-state index in [0.717, 1.165) is 28.7 Å². The fourth-order valence-electron chi connectivity index (χ4n) is 3.21. The Balaban J connectivity index is 1.53. The van der Waals surface area contributed by atoms with E-state index in [1.54, 1.807) is 4.57 Å². The summed E-state index contributed by atoms with van der Waals surface area (Å²) in [7, 11) is 0. The molecule has 0 spiro atoms. The Morgan fingerprint density at radius 1 is 0.938 bits per heavy atom. The second kappa shape index (κ2) is 8.97. The average Bonchev–Trinajstić information content (AvgIpc) is 3.11. The first-order valence-corrected chi connectivity index (χ1v) is 9.71. The number of fused-ring (bicyclic) bond motifs is 1. The van der Waals surface area contributed by atoms with E-state index in [1.165, 1.54) is 12.1 Å². The van der Waals surface area contributed by atoms with Gasteiger partial charge in [0.15, 0.2) is 0 Å². The molecule has 0 aliphatic rings. The Labute approximate surface area is 181 Å². The molecule has 1 heterocycles. The first kappa shape index (κ1) is 21.2. The summed E-state index contributed by atoms with van der Waals surface area (Å²) in [6.07, 6.45) is -1.02. The summed E-state index contributed by atoms with van der Waals surface area (Å²) < 4.78 is 42.5. The van der Waals surface area contributed by atoms with Gasteiger partial charge in [0.25, 0.3) is 0 Å². The highest BCUT2D eigenvalue weighted by atomic mass is 19.4. The Hall–Kier alpha value is -4.07. The SMILES string of the molecule is O=C(Cn1c(/C=C/c2ccccc2)nc2ccccc21)Nc1ccc(OC(F)(F)F)cc1. The molecule has 0 fully saturated rings. The summed E-state index contributed by atoms with van der Waals surface area (Å²) in [6.45, 7) is -0.0181. The van der Waals surface area contributed by atoms with E-state index >= 15 is 0 Å². The van der Waals surface area contributed by atoms with Crippen LogP contribution in [0.3, 0.4) is 0 Å². The molecule has 32 heavy (non-hydrogen) atoms. The molecule has 4 aromatic rings. The number of anilines is 1. The molecule has 5 nitrogen and oxygen atoms in total. The average molecular weight is 437 g/mol. The zero-order valence-electron chi connectivity index (χ0n) is 16.7. The molecule has 0 unspecified atom stereocenters. The van der Waals surface area contributed by atoms with E-state index < -0.39 is 6.36 Å². The van der Waals surface area contributed by atoms with Gasteiger partial charge in [-0.1, -0.05) is 48.5 Å². The lowest BCUT2D eigenvalue weighted by molar-refractivity contribution is -0.274. The van der Waals surface area contributed by atoms with Crippen LogP contribution in [-0.2, 0) is 11.3 Å². The van der Waals surface area contributed by atoms with E-state index in [4.69, 9.17) is 0 Å². The highest BCUT2D eigenvalue weighted by Crippen LogP contribution is 2.24. The fourth-order valence-corrected chi connectivity index (χ4v) is 3.21. The molecule has 0 radical (unpaired) electrons. The molecule has 1 N–H and O–H groups in total. The number of benzene rings is 3. The van der Waals surface area contributed by atoms with Crippen LogP contribution in [-0.4, -0.2) is 21.8 Å². The first-order chi connectivity index (χ1) is 15.4. The summed E-state index contributed by atoms with van der Waals surface area (Å²) in [5.41, 5.74) is 2.90. The lowest BCUT2D eigenvalue weighted by Crippen LogP contribution is -2.19. The van der Waals surface area contributed by atoms with Crippen molar-refractivity contribution < 1.29 is 22.7 Å². The van der Waals surface area contributed by atoms with E-state index in [9.17, 15) is 18.0 Å². The molecule has 0 aliphatic carbocycles. The number of aromatic nitrogens is 2. The second-order valence-electron chi connectivity index (χ2n) is 6.91. The number of amides is 1. The number of carbonyl (C=O) groups is 1. The number of carbonyl (C=O) groups excluding carboxylic acids is 1.